The molecule has 2 rings (SSSR count). The van der Waals surface area contributed by atoms with E-state index in [0.717, 1.165) is 19.3 Å². The molecule has 1 aliphatic rings. The van der Waals surface area contributed by atoms with Crippen LogP contribution in [0.15, 0.2) is 9.59 Å². The number of rotatable bonds is 3. The van der Waals surface area contributed by atoms with E-state index < -0.39 is 5.56 Å². The van der Waals surface area contributed by atoms with Gasteiger partial charge in [0.25, 0.3) is 5.56 Å². The van der Waals surface area contributed by atoms with E-state index in [9.17, 15) is 9.59 Å². The van der Waals surface area contributed by atoms with Gasteiger partial charge in [-0.1, -0.05) is 13.3 Å². The van der Waals surface area contributed by atoms with E-state index in [1.54, 1.807) is 4.57 Å². The molecule has 5 heteroatoms. The van der Waals surface area contributed by atoms with Crippen molar-refractivity contribution in [1.29, 1.82) is 5.26 Å². The van der Waals surface area contributed by atoms with Gasteiger partial charge >= 0.3 is 5.69 Å². The third kappa shape index (κ3) is 1.80. The molecule has 90 valence electrons. The molecule has 5 nitrogen and oxygen atoms in total. The van der Waals surface area contributed by atoms with E-state index in [2.05, 4.69) is 0 Å². The van der Waals surface area contributed by atoms with Gasteiger partial charge in [0.05, 0.1) is 0 Å². The van der Waals surface area contributed by atoms with Crippen molar-refractivity contribution >= 4 is 0 Å². The van der Waals surface area contributed by atoms with E-state index in [4.69, 9.17) is 5.26 Å². The summed E-state index contributed by atoms with van der Waals surface area (Å²) in [6, 6.07) is 1.95. The number of fused-ring (bicyclic) bond motifs is 1. The van der Waals surface area contributed by atoms with Gasteiger partial charge in [0, 0.05) is 18.8 Å². The zero-order valence-electron chi connectivity index (χ0n) is 9.90. The van der Waals surface area contributed by atoms with Crippen LogP contribution in [0, 0.1) is 11.3 Å². The lowest BCUT2D eigenvalue weighted by Gasteiger charge is -2.10. The minimum absolute atomic E-state index is 0.151. The lowest BCUT2D eigenvalue weighted by Crippen LogP contribution is -2.41. The molecule has 0 aliphatic carbocycles. The zero-order valence-corrected chi connectivity index (χ0v) is 9.90. The molecule has 0 spiro atoms. The predicted octanol–water partition coefficient (Wildman–Crippen LogP) is 0.628. The minimum atomic E-state index is -0.417. The molecule has 0 saturated carbocycles. The number of hydrogen-bond acceptors (Lipinski definition) is 3. The van der Waals surface area contributed by atoms with Crippen LogP contribution in [0.5, 0.6) is 0 Å². The molecule has 0 N–H and O–H groups in total. The van der Waals surface area contributed by atoms with Gasteiger partial charge in [-0.2, -0.15) is 5.26 Å². The first-order valence-electron chi connectivity index (χ1n) is 5.97. The molecule has 1 aromatic rings. The maximum absolute atomic E-state index is 12.1. The predicted molar refractivity (Wildman–Crippen MR) is 62.9 cm³/mol. The molecule has 0 unspecified atom stereocenters. The standard InChI is InChI=1S/C12H15N3O2/c1-2-3-6-15-11(16)9(8-13)10-5-4-7-14(10)12(15)17/h2-7H2,1H3. The minimum Gasteiger partial charge on any atom is -0.296 e. The maximum Gasteiger partial charge on any atom is 0.331 e. The van der Waals surface area contributed by atoms with E-state index in [-0.39, 0.29) is 11.3 Å². The highest BCUT2D eigenvalue weighted by molar-refractivity contribution is 5.32. The van der Waals surface area contributed by atoms with Crippen LogP contribution >= 0.6 is 0 Å². The fourth-order valence-corrected chi connectivity index (χ4v) is 2.26. The summed E-state index contributed by atoms with van der Waals surface area (Å²) in [4.78, 5) is 24.1. The van der Waals surface area contributed by atoms with Gasteiger partial charge in [0.15, 0.2) is 0 Å². The highest BCUT2D eigenvalue weighted by Gasteiger charge is 2.21. The first kappa shape index (κ1) is 11.6. The number of aromatic nitrogens is 2. The Hall–Kier alpha value is -1.83. The van der Waals surface area contributed by atoms with Crippen LogP contribution < -0.4 is 11.2 Å². The van der Waals surface area contributed by atoms with Gasteiger partial charge < -0.3 is 0 Å². The Morgan fingerprint density at radius 3 is 2.82 bits per heavy atom. The number of unbranched alkanes of at least 4 members (excludes halogenated alkanes) is 1. The molecule has 0 fully saturated rings. The van der Waals surface area contributed by atoms with Gasteiger partial charge in [-0.05, 0) is 19.3 Å². The van der Waals surface area contributed by atoms with Crippen molar-refractivity contribution in [2.45, 2.75) is 45.7 Å². The fraction of sp³-hybridized carbons (Fsp3) is 0.583. The average Bonchev–Trinajstić information content (AvgIpc) is 2.79. The van der Waals surface area contributed by atoms with Crippen molar-refractivity contribution in [3.63, 3.8) is 0 Å². The molecule has 17 heavy (non-hydrogen) atoms. The Kier molecular flexibility index (Phi) is 3.14. The summed E-state index contributed by atoms with van der Waals surface area (Å²) in [5.41, 5.74) is 0.0995. The van der Waals surface area contributed by atoms with Crippen molar-refractivity contribution < 1.29 is 0 Å². The molecule has 0 saturated heterocycles. The second kappa shape index (κ2) is 4.58. The van der Waals surface area contributed by atoms with E-state index in [1.807, 2.05) is 13.0 Å². The molecular formula is C12H15N3O2. The lowest BCUT2D eigenvalue weighted by molar-refractivity contribution is 0.541. The quantitative estimate of drug-likeness (QED) is 0.768. The van der Waals surface area contributed by atoms with Gasteiger partial charge in [0.1, 0.15) is 11.6 Å². The SMILES string of the molecule is CCCCn1c(=O)c(C#N)c2n(c1=O)CCC2. The molecule has 0 radical (unpaired) electrons. The van der Waals surface area contributed by atoms with Crippen LogP contribution in [0.1, 0.15) is 37.4 Å². The second-order valence-corrected chi connectivity index (χ2v) is 4.28. The van der Waals surface area contributed by atoms with Crippen LogP contribution in [-0.2, 0) is 19.5 Å². The summed E-state index contributed by atoms with van der Waals surface area (Å²) in [6.45, 7) is 3.03. The summed E-state index contributed by atoms with van der Waals surface area (Å²) < 4.78 is 2.78. The Morgan fingerprint density at radius 2 is 2.18 bits per heavy atom. The molecule has 1 aliphatic heterocycles. The molecule has 0 atom stereocenters. The van der Waals surface area contributed by atoms with Crippen molar-refractivity contribution in [3.05, 3.63) is 32.1 Å². The van der Waals surface area contributed by atoms with E-state index in [0.29, 0.717) is 25.2 Å². The first-order valence-corrected chi connectivity index (χ1v) is 5.97. The summed E-state index contributed by atoms with van der Waals surface area (Å²) in [5.74, 6) is 0. The van der Waals surface area contributed by atoms with Crippen molar-refractivity contribution in [2.24, 2.45) is 0 Å². The second-order valence-electron chi connectivity index (χ2n) is 4.28. The molecule has 0 bridgehead atoms. The van der Waals surface area contributed by atoms with Crippen molar-refractivity contribution in [2.75, 3.05) is 0 Å². The normalized spacial score (nSPS) is 13.4. The number of nitriles is 1. The Balaban J connectivity index is 2.66. The fourth-order valence-electron chi connectivity index (χ4n) is 2.26. The molecule has 0 aromatic carbocycles. The Morgan fingerprint density at radius 1 is 1.41 bits per heavy atom. The summed E-state index contributed by atoms with van der Waals surface area (Å²) >= 11 is 0. The van der Waals surface area contributed by atoms with Crippen molar-refractivity contribution in [3.8, 4) is 6.07 Å². The summed E-state index contributed by atoms with van der Waals surface area (Å²) in [5, 5.41) is 9.04. The summed E-state index contributed by atoms with van der Waals surface area (Å²) in [7, 11) is 0. The van der Waals surface area contributed by atoms with Gasteiger partial charge in [-0.3, -0.25) is 13.9 Å². The van der Waals surface area contributed by atoms with Gasteiger partial charge in [-0.15, -0.1) is 0 Å². The zero-order chi connectivity index (χ0) is 12.4. The third-order valence-corrected chi connectivity index (χ3v) is 3.18. The van der Waals surface area contributed by atoms with E-state index in [1.165, 1.54) is 4.57 Å². The van der Waals surface area contributed by atoms with Crippen LogP contribution in [0.25, 0.3) is 0 Å². The van der Waals surface area contributed by atoms with Crippen molar-refractivity contribution in [1.82, 2.24) is 9.13 Å². The Labute approximate surface area is 98.9 Å². The molecule has 0 amide bonds. The monoisotopic (exact) mass is 233 g/mol. The first-order chi connectivity index (χ1) is 8.20. The smallest absolute Gasteiger partial charge is 0.296 e. The Bertz CT molecular complexity index is 589. The average molecular weight is 233 g/mol. The number of hydrogen-bond donors (Lipinski definition) is 0. The summed E-state index contributed by atoms with van der Waals surface area (Å²) in [6.07, 6.45) is 3.18. The molecular weight excluding hydrogens is 218 g/mol. The molecule has 1 aromatic heterocycles. The van der Waals surface area contributed by atoms with Gasteiger partial charge in [-0.25, -0.2) is 4.79 Å². The topological polar surface area (TPSA) is 67.8 Å². The maximum atomic E-state index is 12.1. The van der Waals surface area contributed by atoms with Crippen LogP contribution in [-0.4, -0.2) is 9.13 Å². The van der Waals surface area contributed by atoms with E-state index >= 15 is 0 Å². The molecule has 2 heterocycles. The van der Waals surface area contributed by atoms with Crippen LogP contribution in [0.4, 0.5) is 0 Å². The number of nitrogens with zero attached hydrogens (tertiary/aromatic N) is 3. The third-order valence-electron chi connectivity index (χ3n) is 3.18. The lowest BCUT2D eigenvalue weighted by atomic mass is 10.2. The van der Waals surface area contributed by atoms with Gasteiger partial charge in [0.2, 0.25) is 0 Å². The van der Waals surface area contributed by atoms with Crippen LogP contribution in [0.3, 0.4) is 0 Å². The van der Waals surface area contributed by atoms with Crippen LogP contribution in [0.2, 0.25) is 0 Å². The highest BCUT2D eigenvalue weighted by atomic mass is 16.2. The largest absolute Gasteiger partial charge is 0.331 e. The highest BCUT2D eigenvalue weighted by Crippen LogP contribution is 2.13.